The molecule has 1 aliphatic rings. The summed E-state index contributed by atoms with van der Waals surface area (Å²) in [6.45, 7) is 2.86. The summed E-state index contributed by atoms with van der Waals surface area (Å²) in [6, 6.07) is -0.571. The molecule has 6 nitrogen and oxygen atoms in total. The molecule has 6 heteroatoms. The minimum absolute atomic E-state index is 0.0566. The van der Waals surface area contributed by atoms with Gasteiger partial charge in [0.05, 0.1) is 19.3 Å². The summed E-state index contributed by atoms with van der Waals surface area (Å²) in [5.41, 5.74) is 5.74. The van der Waals surface area contributed by atoms with E-state index in [0.29, 0.717) is 19.7 Å². The predicted octanol–water partition coefficient (Wildman–Crippen LogP) is -1.25. The Morgan fingerprint density at radius 1 is 1.65 bits per heavy atom. The SMILES string of the molecule is COCC(N)C(=O)N1CCOC(CN(C)C)C1. The highest BCUT2D eigenvalue weighted by Gasteiger charge is 2.27. The Hall–Kier alpha value is -0.690. The number of morpholine rings is 1. The first-order valence-electron chi connectivity index (χ1n) is 5.84. The third-order valence-electron chi connectivity index (χ3n) is 2.68. The molecule has 1 amide bonds. The van der Waals surface area contributed by atoms with Crippen LogP contribution >= 0.6 is 0 Å². The van der Waals surface area contributed by atoms with Gasteiger partial charge in [-0.15, -0.1) is 0 Å². The molecular weight excluding hydrogens is 222 g/mol. The number of hydrogen-bond acceptors (Lipinski definition) is 5. The van der Waals surface area contributed by atoms with Crippen molar-refractivity contribution in [1.29, 1.82) is 0 Å². The van der Waals surface area contributed by atoms with Gasteiger partial charge in [0.25, 0.3) is 0 Å². The van der Waals surface area contributed by atoms with Gasteiger partial charge in [0.2, 0.25) is 5.91 Å². The molecule has 0 spiro atoms. The van der Waals surface area contributed by atoms with E-state index in [2.05, 4.69) is 0 Å². The summed E-state index contributed by atoms with van der Waals surface area (Å²) >= 11 is 0. The quantitative estimate of drug-likeness (QED) is 0.655. The van der Waals surface area contributed by atoms with Crippen molar-refractivity contribution in [2.75, 3.05) is 54.1 Å². The van der Waals surface area contributed by atoms with E-state index in [9.17, 15) is 4.79 Å². The highest BCUT2D eigenvalue weighted by molar-refractivity contribution is 5.81. The number of likely N-dealkylation sites (N-methyl/N-ethyl adjacent to an activating group) is 1. The van der Waals surface area contributed by atoms with E-state index in [1.807, 2.05) is 19.0 Å². The van der Waals surface area contributed by atoms with Crippen molar-refractivity contribution in [1.82, 2.24) is 9.80 Å². The fourth-order valence-corrected chi connectivity index (χ4v) is 1.92. The number of carbonyl (C=O) groups excluding carboxylic acids is 1. The number of rotatable bonds is 5. The maximum atomic E-state index is 12.0. The molecule has 0 aromatic carbocycles. The molecule has 100 valence electrons. The third-order valence-corrected chi connectivity index (χ3v) is 2.68. The van der Waals surface area contributed by atoms with Crippen molar-refractivity contribution >= 4 is 5.91 Å². The zero-order valence-corrected chi connectivity index (χ0v) is 10.9. The molecule has 2 N–H and O–H groups in total. The molecule has 1 aliphatic heterocycles. The van der Waals surface area contributed by atoms with Crippen molar-refractivity contribution < 1.29 is 14.3 Å². The molecule has 1 fully saturated rings. The van der Waals surface area contributed by atoms with Gasteiger partial charge in [-0.05, 0) is 14.1 Å². The zero-order valence-electron chi connectivity index (χ0n) is 10.9. The summed E-state index contributed by atoms with van der Waals surface area (Å²) in [7, 11) is 5.52. The fraction of sp³-hybridized carbons (Fsp3) is 0.909. The van der Waals surface area contributed by atoms with Gasteiger partial charge >= 0.3 is 0 Å². The number of amides is 1. The van der Waals surface area contributed by atoms with E-state index in [-0.39, 0.29) is 18.6 Å². The van der Waals surface area contributed by atoms with Crippen molar-refractivity contribution in [2.24, 2.45) is 5.73 Å². The Morgan fingerprint density at radius 3 is 2.94 bits per heavy atom. The number of ether oxygens (including phenoxy) is 2. The highest BCUT2D eigenvalue weighted by atomic mass is 16.5. The fourth-order valence-electron chi connectivity index (χ4n) is 1.92. The summed E-state index contributed by atoms with van der Waals surface area (Å²) in [4.78, 5) is 15.8. The first kappa shape index (κ1) is 14.4. The average molecular weight is 245 g/mol. The molecule has 2 atom stereocenters. The molecule has 17 heavy (non-hydrogen) atoms. The lowest BCUT2D eigenvalue weighted by Crippen LogP contribution is -2.54. The maximum absolute atomic E-state index is 12.0. The molecule has 0 bridgehead atoms. The molecule has 0 aliphatic carbocycles. The molecule has 2 unspecified atom stereocenters. The van der Waals surface area contributed by atoms with Crippen LogP contribution in [0.15, 0.2) is 0 Å². The van der Waals surface area contributed by atoms with Gasteiger partial charge in [-0.25, -0.2) is 0 Å². The first-order valence-corrected chi connectivity index (χ1v) is 5.84. The Labute approximate surface area is 103 Å². The summed E-state index contributed by atoms with van der Waals surface area (Å²) in [5.74, 6) is -0.0566. The molecule has 0 aromatic heterocycles. The van der Waals surface area contributed by atoms with Crippen LogP contribution in [0.3, 0.4) is 0 Å². The monoisotopic (exact) mass is 245 g/mol. The van der Waals surface area contributed by atoms with E-state index in [1.54, 1.807) is 12.0 Å². The van der Waals surface area contributed by atoms with Crippen LogP contribution in [0.4, 0.5) is 0 Å². The number of nitrogens with two attached hydrogens (primary N) is 1. The lowest BCUT2D eigenvalue weighted by molar-refractivity contribution is -0.141. The van der Waals surface area contributed by atoms with Crippen LogP contribution in [0.1, 0.15) is 0 Å². The van der Waals surface area contributed by atoms with Crippen LogP contribution in [0.25, 0.3) is 0 Å². The number of methoxy groups -OCH3 is 1. The molecule has 0 aromatic rings. The second kappa shape index (κ2) is 6.90. The zero-order chi connectivity index (χ0) is 12.8. The highest BCUT2D eigenvalue weighted by Crippen LogP contribution is 2.07. The number of hydrogen-bond donors (Lipinski definition) is 1. The molecule has 0 radical (unpaired) electrons. The minimum Gasteiger partial charge on any atom is -0.383 e. The van der Waals surface area contributed by atoms with E-state index < -0.39 is 6.04 Å². The Kier molecular flexibility index (Phi) is 5.84. The normalized spacial score (nSPS) is 22.9. The van der Waals surface area contributed by atoms with Gasteiger partial charge in [-0.1, -0.05) is 0 Å². The summed E-state index contributed by atoms with van der Waals surface area (Å²) < 4.78 is 10.5. The Balaban J connectivity index is 2.45. The molecule has 0 saturated carbocycles. The van der Waals surface area contributed by atoms with Crippen molar-refractivity contribution in [3.63, 3.8) is 0 Å². The van der Waals surface area contributed by atoms with Crippen molar-refractivity contribution in [3.05, 3.63) is 0 Å². The van der Waals surface area contributed by atoms with E-state index >= 15 is 0 Å². The van der Waals surface area contributed by atoms with Crippen LogP contribution in [0.2, 0.25) is 0 Å². The van der Waals surface area contributed by atoms with Gasteiger partial charge in [0.1, 0.15) is 6.04 Å². The standard InChI is InChI=1S/C11H23N3O3/c1-13(2)6-9-7-14(4-5-17-9)11(15)10(12)8-16-3/h9-10H,4-8,12H2,1-3H3. The van der Waals surface area contributed by atoms with Crippen molar-refractivity contribution in [3.8, 4) is 0 Å². The summed E-state index contributed by atoms with van der Waals surface area (Å²) in [5, 5.41) is 0. The number of carbonyl (C=O) groups is 1. The van der Waals surface area contributed by atoms with Crippen LogP contribution in [-0.4, -0.2) is 81.9 Å². The second-order valence-corrected chi connectivity index (χ2v) is 4.60. The maximum Gasteiger partial charge on any atom is 0.242 e. The smallest absolute Gasteiger partial charge is 0.242 e. The molecule has 1 heterocycles. The molecule has 1 rings (SSSR count). The van der Waals surface area contributed by atoms with Gasteiger partial charge in [0.15, 0.2) is 0 Å². The van der Waals surface area contributed by atoms with Crippen molar-refractivity contribution in [2.45, 2.75) is 12.1 Å². The average Bonchev–Trinajstić information content (AvgIpc) is 2.28. The second-order valence-electron chi connectivity index (χ2n) is 4.60. The van der Waals surface area contributed by atoms with Crippen LogP contribution in [0, 0.1) is 0 Å². The topological polar surface area (TPSA) is 68.0 Å². The largest absolute Gasteiger partial charge is 0.383 e. The predicted molar refractivity (Wildman–Crippen MR) is 64.7 cm³/mol. The molecular formula is C11H23N3O3. The van der Waals surface area contributed by atoms with Gasteiger partial charge in [-0.3, -0.25) is 4.79 Å². The van der Waals surface area contributed by atoms with Crippen LogP contribution < -0.4 is 5.73 Å². The first-order chi connectivity index (χ1) is 8.04. The van der Waals surface area contributed by atoms with Gasteiger partial charge < -0.3 is 25.0 Å². The molecule has 1 saturated heterocycles. The lowest BCUT2D eigenvalue weighted by Gasteiger charge is -2.35. The Bertz CT molecular complexity index is 248. The summed E-state index contributed by atoms with van der Waals surface area (Å²) in [6.07, 6.45) is 0.0671. The van der Waals surface area contributed by atoms with Crippen LogP contribution in [0.5, 0.6) is 0 Å². The lowest BCUT2D eigenvalue weighted by atomic mass is 10.2. The minimum atomic E-state index is -0.571. The van der Waals surface area contributed by atoms with E-state index in [4.69, 9.17) is 15.2 Å². The van der Waals surface area contributed by atoms with E-state index in [0.717, 1.165) is 6.54 Å². The third kappa shape index (κ3) is 4.59. The Morgan fingerprint density at radius 2 is 2.35 bits per heavy atom. The van der Waals surface area contributed by atoms with E-state index in [1.165, 1.54) is 0 Å². The number of nitrogens with zero attached hydrogens (tertiary/aromatic N) is 2. The van der Waals surface area contributed by atoms with Gasteiger partial charge in [0, 0.05) is 26.7 Å². The van der Waals surface area contributed by atoms with Gasteiger partial charge in [-0.2, -0.15) is 0 Å². The van der Waals surface area contributed by atoms with Crippen LogP contribution in [-0.2, 0) is 14.3 Å².